The van der Waals surface area contributed by atoms with Gasteiger partial charge in [0.2, 0.25) is 0 Å². The number of carbonyl (C=O) groups excluding carboxylic acids is 1. The molecule has 1 aliphatic heterocycles. The van der Waals surface area contributed by atoms with Crippen LogP contribution in [0.4, 0.5) is 0 Å². The van der Waals surface area contributed by atoms with Crippen molar-refractivity contribution in [2.24, 2.45) is 11.7 Å². The van der Waals surface area contributed by atoms with E-state index in [1.165, 1.54) is 0 Å². The minimum atomic E-state index is -0.0566. The van der Waals surface area contributed by atoms with Gasteiger partial charge in [-0.1, -0.05) is 18.2 Å². The number of carbonyl (C=O) groups is 1. The molecule has 5 nitrogen and oxygen atoms in total. The molecule has 1 amide bonds. The van der Waals surface area contributed by atoms with E-state index in [9.17, 15) is 4.79 Å². The van der Waals surface area contributed by atoms with Crippen molar-refractivity contribution in [3.8, 4) is 11.5 Å². The maximum absolute atomic E-state index is 12.7. The molecule has 0 bridgehead atoms. The molecule has 1 aromatic heterocycles. The number of hydrogen-bond acceptors (Lipinski definition) is 4. The Hall–Kier alpha value is -2.40. The number of rotatable bonds is 4. The maximum atomic E-state index is 12.7. The van der Waals surface area contributed by atoms with E-state index in [-0.39, 0.29) is 11.9 Å². The van der Waals surface area contributed by atoms with Gasteiger partial charge < -0.3 is 15.4 Å². The monoisotopic (exact) mass is 325 g/mol. The molecule has 0 unspecified atom stereocenters. The number of nitrogens with zero attached hydrogens (tertiary/aromatic N) is 2. The smallest absolute Gasteiger partial charge is 0.272 e. The minimum absolute atomic E-state index is 0.0566. The Labute approximate surface area is 142 Å². The van der Waals surface area contributed by atoms with Crippen molar-refractivity contribution in [2.75, 3.05) is 13.1 Å². The Morgan fingerprint density at radius 2 is 2.08 bits per heavy atom. The lowest BCUT2D eigenvalue weighted by Gasteiger charge is -2.34. The molecule has 0 radical (unpaired) electrons. The van der Waals surface area contributed by atoms with Gasteiger partial charge in [-0.2, -0.15) is 0 Å². The van der Waals surface area contributed by atoms with Crippen LogP contribution in [0.2, 0.25) is 0 Å². The summed E-state index contributed by atoms with van der Waals surface area (Å²) in [5.74, 6) is 1.64. The maximum Gasteiger partial charge on any atom is 0.272 e. The molecule has 3 rings (SSSR count). The van der Waals surface area contributed by atoms with E-state index in [0.717, 1.165) is 25.1 Å². The summed E-state index contributed by atoms with van der Waals surface area (Å²) in [5.41, 5.74) is 6.42. The van der Waals surface area contributed by atoms with Gasteiger partial charge in [0.15, 0.2) is 0 Å². The van der Waals surface area contributed by atoms with Crippen molar-refractivity contribution in [3.63, 3.8) is 0 Å². The van der Waals surface area contributed by atoms with Crippen LogP contribution >= 0.6 is 0 Å². The first-order valence-electron chi connectivity index (χ1n) is 8.37. The first kappa shape index (κ1) is 16.5. The average Bonchev–Trinajstić information content (AvgIpc) is 2.62. The summed E-state index contributed by atoms with van der Waals surface area (Å²) in [6.07, 6.45) is 3.67. The van der Waals surface area contributed by atoms with Crippen LogP contribution in [-0.2, 0) is 0 Å². The summed E-state index contributed by atoms with van der Waals surface area (Å²) in [6.45, 7) is 3.46. The number of pyridine rings is 1. The molecule has 126 valence electrons. The summed E-state index contributed by atoms with van der Waals surface area (Å²) < 4.78 is 5.79. The molecule has 1 fully saturated rings. The lowest BCUT2D eigenvalue weighted by atomic mass is 9.92. The fourth-order valence-corrected chi connectivity index (χ4v) is 3.00. The third-order valence-corrected chi connectivity index (χ3v) is 4.42. The van der Waals surface area contributed by atoms with Crippen LogP contribution in [0.3, 0.4) is 0 Å². The zero-order chi connectivity index (χ0) is 16.9. The van der Waals surface area contributed by atoms with Gasteiger partial charge in [0.25, 0.3) is 5.91 Å². The van der Waals surface area contributed by atoms with Gasteiger partial charge in [-0.25, -0.2) is 0 Å². The predicted octanol–water partition coefficient (Wildman–Crippen LogP) is 3.07. The fourth-order valence-electron chi connectivity index (χ4n) is 3.00. The second kappa shape index (κ2) is 7.45. The SMILES string of the molecule is C[C@H](N)[C@@H]1CCCN(C(=O)c2cc(Oc3ccccc3)ccn2)C1. The van der Waals surface area contributed by atoms with Gasteiger partial charge in [-0.15, -0.1) is 0 Å². The number of piperidine rings is 1. The quantitative estimate of drug-likeness (QED) is 0.938. The molecular weight excluding hydrogens is 302 g/mol. The largest absolute Gasteiger partial charge is 0.457 e. The predicted molar refractivity (Wildman–Crippen MR) is 93.0 cm³/mol. The van der Waals surface area contributed by atoms with Crippen LogP contribution in [0.25, 0.3) is 0 Å². The molecule has 2 N–H and O–H groups in total. The topological polar surface area (TPSA) is 68.5 Å². The van der Waals surface area contributed by atoms with Crippen LogP contribution in [0.5, 0.6) is 11.5 Å². The number of likely N-dealkylation sites (tertiary alicyclic amines) is 1. The molecule has 2 aromatic rings. The summed E-state index contributed by atoms with van der Waals surface area (Å²) >= 11 is 0. The summed E-state index contributed by atoms with van der Waals surface area (Å²) in [5, 5.41) is 0. The number of amides is 1. The van der Waals surface area contributed by atoms with Gasteiger partial charge in [0.05, 0.1) is 0 Å². The van der Waals surface area contributed by atoms with Gasteiger partial charge in [-0.05, 0) is 43.9 Å². The van der Waals surface area contributed by atoms with Gasteiger partial charge in [0.1, 0.15) is 17.2 Å². The van der Waals surface area contributed by atoms with Gasteiger partial charge in [-0.3, -0.25) is 9.78 Å². The van der Waals surface area contributed by atoms with E-state index in [2.05, 4.69) is 4.98 Å². The highest BCUT2D eigenvalue weighted by atomic mass is 16.5. The average molecular weight is 325 g/mol. The van der Waals surface area contributed by atoms with E-state index >= 15 is 0 Å². The Morgan fingerprint density at radius 1 is 1.29 bits per heavy atom. The van der Waals surface area contributed by atoms with Gasteiger partial charge >= 0.3 is 0 Å². The van der Waals surface area contributed by atoms with Crippen molar-refractivity contribution in [2.45, 2.75) is 25.8 Å². The van der Waals surface area contributed by atoms with E-state index < -0.39 is 0 Å². The van der Waals surface area contributed by atoms with Crippen molar-refractivity contribution in [1.82, 2.24) is 9.88 Å². The second-order valence-corrected chi connectivity index (χ2v) is 6.30. The summed E-state index contributed by atoms with van der Waals surface area (Å²) in [7, 11) is 0. The molecule has 0 aliphatic carbocycles. The van der Waals surface area contributed by atoms with Crippen LogP contribution in [0.1, 0.15) is 30.3 Å². The number of aromatic nitrogens is 1. The van der Waals surface area contributed by atoms with Gasteiger partial charge in [0, 0.05) is 31.4 Å². The highest BCUT2D eigenvalue weighted by Gasteiger charge is 2.27. The molecular formula is C19H23N3O2. The molecule has 5 heteroatoms. The van der Waals surface area contributed by atoms with Crippen molar-refractivity contribution in [1.29, 1.82) is 0 Å². The standard InChI is InChI=1S/C19H23N3O2/c1-14(20)15-6-5-11-22(13-15)19(23)18-12-17(9-10-21-18)24-16-7-3-2-4-8-16/h2-4,7-10,12,14-15H,5-6,11,13,20H2,1H3/t14-,15+/m0/s1. The van der Waals surface area contributed by atoms with Crippen molar-refractivity contribution >= 4 is 5.91 Å². The molecule has 2 atom stereocenters. The molecule has 1 saturated heterocycles. The van der Waals surface area contributed by atoms with E-state index in [0.29, 0.717) is 23.9 Å². The third kappa shape index (κ3) is 3.92. The lowest BCUT2D eigenvalue weighted by Crippen LogP contribution is -2.45. The first-order valence-corrected chi connectivity index (χ1v) is 8.37. The molecule has 0 saturated carbocycles. The summed E-state index contributed by atoms with van der Waals surface area (Å²) in [6, 6.07) is 13.0. The molecule has 24 heavy (non-hydrogen) atoms. The van der Waals surface area contributed by atoms with Crippen LogP contribution in [0.15, 0.2) is 48.7 Å². The Morgan fingerprint density at radius 3 is 2.83 bits per heavy atom. The first-order chi connectivity index (χ1) is 11.6. The molecule has 0 spiro atoms. The molecule has 1 aliphatic rings. The minimum Gasteiger partial charge on any atom is -0.457 e. The van der Waals surface area contributed by atoms with E-state index in [1.807, 2.05) is 42.2 Å². The lowest BCUT2D eigenvalue weighted by molar-refractivity contribution is 0.0654. The Balaban J connectivity index is 1.72. The third-order valence-electron chi connectivity index (χ3n) is 4.42. The normalized spacial score (nSPS) is 18.9. The van der Waals surface area contributed by atoms with Crippen molar-refractivity contribution in [3.05, 3.63) is 54.4 Å². The highest BCUT2D eigenvalue weighted by molar-refractivity contribution is 5.92. The molecule has 1 aromatic carbocycles. The number of hydrogen-bond donors (Lipinski definition) is 1. The van der Waals surface area contributed by atoms with Crippen LogP contribution in [-0.4, -0.2) is 34.9 Å². The van der Waals surface area contributed by atoms with Crippen molar-refractivity contribution < 1.29 is 9.53 Å². The number of para-hydroxylation sites is 1. The fraction of sp³-hybridized carbons (Fsp3) is 0.368. The highest BCUT2D eigenvalue weighted by Crippen LogP contribution is 2.23. The summed E-state index contributed by atoms with van der Waals surface area (Å²) in [4.78, 5) is 18.8. The number of nitrogens with two attached hydrogens (primary N) is 1. The molecule has 2 heterocycles. The zero-order valence-electron chi connectivity index (χ0n) is 13.9. The van der Waals surface area contributed by atoms with E-state index in [4.69, 9.17) is 10.5 Å². The number of benzene rings is 1. The van der Waals surface area contributed by atoms with Crippen LogP contribution in [0, 0.1) is 5.92 Å². The Kier molecular flexibility index (Phi) is 5.11. The second-order valence-electron chi connectivity index (χ2n) is 6.30. The van der Waals surface area contributed by atoms with Crippen LogP contribution < -0.4 is 10.5 Å². The Bertz CT molecular complexity index is 688. The van der Waals surface area contributed by atoms with E-state index in [1.54, 1.807) is 18.3 Å². The zero-order valence-corrected chi connectivity index (χ0v) is 13.9. The number of ether oxygens (including phenoxy) is 1.